The maximum atomic E-state index is 6.04. The van der Waals surface area contributed by atoms with Crippen LogP contribution in [0.15, 0.2) is 11.1 Å². The average molecular weight is 319 g/mol. The van der Waals surface area contributed by atoms with Gasteiger partial charge in [0.15, 0.2) is 5.96 Å². The van der Waals surface area contributed by atoms with Gasteiger partial charge in [-0.2, -0.15) is 0 Å². The monoisotopic (exact) mass is 318 g/mol. The van der Waals surface area contributed by atoms with E-state index in [0.29, 0.717) is 16.7 Å². The van der Waals surface area contributed by atoms with E-state index in [9.17, 15) is 0 Å². The van der Waals surface area contributed by atoms with Crippen molar-refractivity contribution in [3.8, 4) is 0 Å². The van der Waals surface area contributed by atoms with Crippen LogP contribution < -0.4 is 10.6 Å². The Labute approximate surface area is 129 Å². The second kappa shape index (κ2) is 7.20. The summed E-state index contributed by atoms with van der Waals surface area (Å²) in [6.45, 7) is 2.24. The van der Waals surface area contributed by atoms with Crippen molar-refractivity contribution >= 4 is 29.2 Å². The highest BCUT2D eigenvalue weighted by atomic mass is 35.5. The highest BCUT2D eigenvalue weighted by molar-refractivity contribution is 6.41. The molecule has 0 aliphatic carbocycles. The lowest BCUT2D eigenvalue weighted by atomic mass is 10.2. The molecule has 0 radical (unpaired) electrons. The Hall–Kier alpha value is -0.910. The number of ether oxygens (including phenoxy) is 1. The molecule has 1 fully saturated rings. The lowest BCUT2D eigenvalue weighted by molar-refractivity contribution is 0.114. The van der Waals surface area contributed by atoms with E-state index >= 15 is 0 Å². The summed E-state index contributed by atoms with van der Waals surface area (Å²) in [6.07, 6.45) is 2.53. The predicted octanol–water partition coefficient (Wildman–Crippen LogP) is 2.18. The molecule has 1 aromatic heterocycles. The van der Waals surface area contributed by atoms with Crippen LogP contribution in [-0.2, 0) is 18.3 Å². The first-order chi connectivity index (χ1) is 9.61. The van der Waals surface area contributed by atoms with E-state index < -0.39 is 0 Å². The zero-order chi connectivity index (χ0) is 14.5. The van der Waals surface area contributed by atoms with Gasteiger partial charge < -0.3 is 19.9 Å². The van der Waals surface area contributed by atoms with Crippen molar-refractivity contribution in [1.82, 2.24) is 15.2 Å². The molecule has 7 heteroatoms. The molecule has 112 valence electrons. The summed E-state index contributed by atoms with van der Waals surface area (Å²) >= 11 is 12.0. The van der Waals surface area contributed by atoms with E-state index in [-0.39, 0.29) is 6.10 Å². The van der Waals surface area contributed by atoms with Crippen molar-refractivity contribution in [3.63, 3.8) is 0 Å². The first-order valence-corrected chi connectivity index (χ1v) is 7.43. The molecule has 1 aliphatic rings. The molecule has 1 saturated heterocycles. The molecule has 20 heavy (non-hydrogen) atoms. The minimum atomic E-state index is 0.285. The second-order valence-electron chi connectivity index (χ2n) is 4.78. The molecule has 0 bridgehead atoms. The molecule has 2 heterocycles. The van der Waals surface area contributed by atoms with Crippen LogP contribution in [-0.4, -0.2) is 36.8 Å². The third-order valence-corrected chi connectivity index (χ3v) is 4.24. The number of nitrogens with one attached hydrogen (secondary N) is 2. The third kappa shape index (κ3) is 3.81. The number of halogens is 2. The van der Waals surface area contributed by atoms with Gasteiger partial charge in [0.05, 0.1) is 17.7 Å². The normalized spacial score (nSPS) is 19.4. The number of rotatable bonds is 4. The predicted molar refractivity (Wildman–Crippen MR) is 82.6 cm³/mol. The molecule has 2 rings (SSSR count). The number of guanidine groups is 1. The zero-order valence-corrected chi connectivity index (χ0v) is 13.3. The van der Waals surface area contributed by atoms with Crippen molar-refractivity contribution in [1.29, 1.82) is 0 Å². The molecule has 0 saturated carbocycles. The van der Waals surface area contributed by atoms with Crippen molar-refractivity contribution < 1.29 is 4.74 Å². The van der Waals surface area contributed by atoms with Gasteiger partial charge in [0, 0.05) is 32.9 Å². The molecule has 5 nitrogen and oxygen atoms in total. The maximum absolute atomic E-state index is 6.04. The highest BCUT2D eigenvalue weighted by Gasteiger charge is 2.15. The SMILES string of the molecule is CN=C(NCc1cc(Cl)c(Cl)n1C)NCC1CCCO1. The molecule has 0 amide bonds. The first-order valence-electron chi connectivity index (χ1n) is 6.67. The Morgan fingerprint density at radius 3 is 2.85 bits per heavy atom. The van der Waals surface area contributed by atoms with Crippen molar-refractivity contribution in [2.75, 3.05) is 20.2 Å². The van der Waals surface area contributed by atoms with E-state index in [1.54, 1.807) is 7.05 Å². The zero-order valence-electron chi connectivity index (χ0n) is 11.7. The Morgan fingerprint density at radius 1 is 1.50 bits per heavy atom. The third-order valence-electron chi connectivity index (χ3n) is 3.40. The van der Waals surface area contributed by atoms with Crippen LogP contribution in [0.5, 0.6) is 0 Å². The first kappa shape index (κ1) is 15.5. The summed E-state index contributed by atoms with van der Waals surface area (Å²) in [5, 5.41) is 7.61. The summed E-state index contributed by atoms with van der Waals surface area (Å²) in [5.41, 5.74) is 1.00. The fourth-order valence-electron chi connectivity index (χ4n) is 2.17. The van der Waals surface area contributed by atoms with Crippen LogP contribution in [0.2, 0.25) is 10.2 Å². The van der Waals surface area contributed by atoms with Crippen molar-refractivity contribution in [3.05, 3.63) is 21.9 Å². The lowest BCUT2D eigenvalue weighted by Gasteiger charge is -2.15. The number of hydrogen-bond acceptors (Lipinski definition) is 2. The van der Waals surface area contributed by atoms with E-state index in [1.165, 1.54) is 0 Å². The Morgan fingerprint density at radius 2 is 2.30 bits per heavy atom. The fraction of sp³-hybridized carbons (Fsp3) is 0.615. The summed E-state index contributed by atoms with van der Waals surface area (Å²) < 4.78 is 7.42. The molecular formula is C13H20Cl2N4O. The van der Waals surface area contributed by atoms with Crippen LogP contribution in [0.4, 0.5) is 0 Å². The largest absolute Gasteiger partial charge is 0.376 e. The number of aliphatic imine (C=N–C) groups is 1. The Balaban J connectivity index is 1.82. The van der Waals surface area contributed by atoms with E-state index in [1.807, 2.05) is 17.7 Å². The summed E-state index contributed by atoms with van der Waals surface area (Å²) in [6, 6.07) is 1.85. The fourth-order valence-corrected chi connectivity index (χ4v) is 2.59. The molecule has 1 atom stereocenters. The minimum absolute atomic E-state index is 0.285. The molecule has 1 unspecified atom stereocenters. The van der Waals surface area contributed by atoms with Crippen molar-refractivity contribution in [2.45, 2.75) is 25.5 Å². The number of aromatic nitrogens is 1. The summed E-state index contributed by atoms with van der Waals surface area (Å²) in [5.74, 6) is 0.744. The molecule has 0 aromatic carbocycles. The molecule has 2 N–H and O–H groups in total. The van der Waals surface area contributed by atoms with Crippen LogP contribution in [0.25, 0.3) is 0 Å². The Kier molecular flexibility index (Phi) is 5.57. The lowest BCUT2D eigenvalue weighted by Crippen LogP contribution is -2.40. The highest BCUT2D eigenvalue weighted by Crippen LogP contribution is 2.24. The van der Waals surface area contributed by atoms with Gasteiger partial charge in [-0.1, -0.05) is 23.2 Å². The standard InChI is InChI=1S/C13H20Cl2N4O/c1-16-13(18-8-10-4-3-5-20-10)17-7-9-6-11(14)12(15)19(9)2/h6,10H,3-5,7-8H2,1-2H3,(H2,16,17,18). The number of nitrogens with zero attached hydrogens (tertiary/aromatic N) is 2. The second-order valence-corrected chi connectivity index (χ2v) is 5.54. The molecule has 0 spiro atoms. The van der Waals surface area contributed by atoms with Crippen LogP contribution in [0.3, 0.4) is 0 Å². The molecule has 1 aliphatic heterocycles. The summed E-state index contributed by atoms with van der Waals surface area (Å²) in [7, 11) is 3.63. The van der Waals surface area contributed by atoms with E-state index in [4.69, 9.17) is 27.9 Å². The summed E-state index contributed by atoms with van der Waals surface area (Å²) in [4.78, 5) is 4.19. The van der Waals surface area contributed by atoms with Gasteiger partial charge in [0.1, 0.15) is 5.15 Å². The number of hydrogen-bond donors (Lipinski definition) is 2. The van der Waals surface area contributed by atoms with Crippen LogP contribution in [0.1, 0.15) is 18.5 Å². The smallest absolute Gasteiger partial charge is 0.191 e. The van der Waals surface area contributed by atoms with Crippen molar-refractivity contribution in [2.24, 2.45) is 12.0 Å². The van der Waals surface area contributed by atoms with Gasteiger partial charge in [-0.05, 0) is 18.9 Å². The minimum Gasteiger partial charge on any atom is -0.376 e. The molecule has 1 aromatic rings. The van der Waals surface area contributed by atoms with Crippen LogP contribution in [0, 0.1) is 0 Å². The average Bonchev–Trinajstić information content (AvgIpc) is 3.04. The van der Waals surface area contributed by atoms with Gasteiger partial charge in [-0.25, -0.2) is 0 Å². The maximum Gasteiger partial charge on any atom is 0.191 e. The van der Waals surface area contributed by atoms with E-state index in [0.717, 1.165) is 37.6 Å². The Bertz CT molecular complexity index is 481. The van der Waals surface area contributed by atoms with Gasteiger partial charge in [-0.3, -0.25) is 4.99 Å². The van der Waals surface area contributed by atoms with Gasteiger partial charge in [0.2, 0.25) is 0 Å². The van der Waals surface area contributed by atoms with Gasteiger partial charge in [0.25, 0.3) is 0 Å². The van der Waals surface area contributed by atoms with Gasteiger partial charge in [-0.15, -0.1) is 0 Å². The quantitative estimate of drug-likeness (QED) is 0.661. The van der Waals surface area contributed by atoms with Gasteiger partial charge >= 0.3 is 0 Å². The topological polar surface area (TPSA) is 50.6 Å². The molecular weight excluding hydrogens is 299 g/mol. The van der Waals surface area contributed by atoms with E-state index in [2.05, 4.69) is 15.6 Å². The van der Waals surface area contributed by atoms with Crippen LogP contribution >= 0.6 is 23.2 Å².